The van der Waals surface area contributed by atoms with Gasteiger partial charge in [-0.15, -0.1) is 0 Å². The maximum absolute atomic E-state index is 12.3. The Morgan fingerprint density at radius 3 is 2.42 bits per heavy atom. The number of phenolic OH excluding ortho intramolecular Hbond substituents is 1. The number of aliphatic imine (C=N–C) groups is 1. The molecule has 0 spiro atoms. The van der Waals surface area contributed by atoms with Crippen molar-refractivity contribution in [2.45, 2.75) is 0 Å². The number of amides is 1. The van der Waals surface area contributed by atoms with E-state index in [1.807, 2.05) is 13.1 Å². The van der Waals surface area contributed by atoms with E-state index in [1.54, 1.807) is 61.6 Å². The first-order valence-electron chi connectivity index (χ1n) is 7.79. The van der Waals surface area contributed by atoms with Gasteiger partial charge in [0.25, 0.3) is 5.91 Å². The minimum Gasteiger partial charge on any atom is -0.508 e. The van der Waals surface area contributed by atoms with Crippen LogP contribution in [0.2, 0.25) is 0 Å². The highest BCUT2D eigenvalue weighted by molar-refractivity contribution is 8.18. The van der Waals surface area contributed by atoms with E-state index in [-0.39, 0.29) is 11.7 Å². The number of ether oxygens (including phenoxy) is 2. The van der Waals surface area contributed by atoms with Gasteiger partial charge in [0.1, 0.15) is 5.75 Å². The first kappa shape index (κ1) is 17.9. The quantitative estimate of drug-likeness (QED) is 0.831. The van der Waals surface area contributed by atoms with Crippen molar-refractivity contribution in [3.8, 4) is 17.2 Å². The molecule has 0 saturated carbocycles. The lowest BCUT2D eigenvalue weighted by molar-refractivity contribution is -0.113. The second-order valence-corrected chi connectivity index (χ2v) is 6.51. The van der Waals surface area contributed by atoms with Crippen molar-refractivity contribution < 1.29 is 19.4 Å². The highest BCUT2D eigenvalue weighted by Crippen LogP contribution is 2.34. The van der Waals surface area contributed by atoms with Gasteiger partial charge in [-0.25, -0.2) is 0 Å². The summed E-state index contributed by atoms with van der Waals surface area (Å²) >= 11 is 1.30. The van der Waals surface area contributed by atoms with Gasteiger partial charge in [-0.1, -0.05) is 6.07 Å². The predicted octanol–water partition coefficient (Wildman–Crippen LogP) is 3.52. The fourth-order valence-corrected chi connectivity index (χ4v) is 3.32. The number of carbonyl (C=O) groups is 1. The summed E-state index contributed by atoms with van der Waals surface area (Å²) in [4.78, 5) is 18.7. The first-order valence-corrected chi connectivity index (χ1v) is 8.61. The van der Waals surface area contributed by atoms with Crippen molar-refractivity contribution in [3.05, 3.63) is 52.9 Å². The molecule has 1 aliphatic rings. The molecule has 7 heteroatoms. The molecule has 26 heavy (non-hydrogen) atoms. The highest BCUT2D eigenvalue weighted by atomic mass is 32.2. The van der Waals surface area contributed by atoms with Gasteiger partial charge in [0.05, 0.1) is 19.1 Å². The molecule has 0 bridgehead atoms. The molecule has 0 aromatic heterocycles. The summed E-state index contributed by atoms with van der Waals surface area (Å²) in [5.74, 6) is 1.13. The fraction of sp³-hybridized carbons (Fsp3) is 0.158. The number of methoxy groups -OCH3 is 2. The van der Waals surface area contributed by atoms with Crippen molar-refractivity contribution in [2.24, 2.45) is 4.99 Å². The van der Waals surface area contributed by atoms with Gasteiger partial charge < -0.3 is 19.5 Å². The second kappa shape index (κ2) is 7.53. The average molecular weight is 370 g/mol. The molecule has 0 unspecified atom stereocenters. The van der Waals surface area contributed by atoms with Crippen LogP contribution in [0.4, 0.5) is 5.69 Å². The molecule has 0 aliphatic carbocycles. The Bertz CT molecular complexity index is 891. The zero-order chi connectivity index (χ0) is 18.7. The predicted molar refractivity (Wildman–Crippen MR) is 104 cm³/mol. The molecule has 1 aliphatic heterocycles. The number of hydrogen-bond donors (Lipinski definition) is 1. The molecular weight excluding hydrogens is 352 g/mol. The maximum Gasteiger partial charge on any atom is 0.286 e. The molecule has 1 heterocycles. The summed E-state index contributed by atoms with van der Waals surface area (Å²) in [7, 11) is 4.97. The van der Waals surface area contributed by atoms with Gasteiger partial charge in [-0.05, 0) is 59.8 Å². The van der Waals surface area contributed by atoms with Gasteiger partial charge in [-0.2, -0.15) is 4.99 Å². The summed E-state index contributed by atoms with van der Waals surface area (Å²) in [5.41, 5.74) is 1.65. The van der Waals surface area contributed by atoms with Crippen molar-refractivity contribution in [1.82, 2.24) is 0 Å². The fourth-order valence-electron chi connectivity index (χ4n) is 2.42. The number of carbonyl (C=O) groups excluding carboxylic acids is 1. The molecule has 2 aromatic rings. The average Bonchev–Trinajstić information content (AvgIpc) is 3.02. The van der Waals surface area contributed by atoms with Crippen LogP contribution in [0.1, 0.15) is 5.56 Å². The van der Waals surface area contributed by atoms with Crippen LogP contribution in [-0.4, -0.2) is 37.4 Å². The van der Waals surface area contributed by atoms with E-state index in [0.717, 1.165) is 11.3 Å². The summed E-state index contributed by atoms with van der Waals surface area (Å²) < 4.78 is 10.5. The van der Waals surface area contributed by atoms with Crippen LogP contribution in [0.15, 0.2) is 52.4 Å². The van der Waals surface area contributed by atoms with Crippen LogP contribution < -0.4 is 14.4 Å². The zero-order valence-electron chi connectivity index (χ0n) is 14.6. The number of nitrogens with zero attached hydrogens (tertiary/aromatic N) is 2. The molecule has 1 amide bonds. The number of anilines is 1. The molecule has 0 radical (unpaired) electrons. The number of amidine groups is 1. The Balaban J connectivity index is 1.81. The largest absolute Gasteiger partial charge is 0.508 e. The van der Waals surface area contributed by atoms with Crippen molar-refractivity contribution >= 4 is 34.6 Å². The normalized spacial score (nSPS) is 15.1. The summed E-state index contributed by atoms with van der Waals surface area (Å²) in [5, 5.41) is 9.97. The van der Waals surface area contributed by atoms with E-state index in [2.05, 4.69) is 4.99 Å². The molecule has 134 valence electrons. The Labute approximate surface area is 155 Å². The van der Waals surface area contributed by atoms with Crippen LogP contribution in [0, 0.1) is 0 Å². The number of thioether (sulfide) groups is 1. The van der Waals surface area contributed by atoms with Gasteiger partial charge in [0.2, 0.25) is 0 Å². The van der Waals surface area contributed by atoms with Gasteiger partial charge in [0.15, 0.2) is 16.7 Å². The molecule has 0 atom stereocenters. The summed E-state index contributed by atoms with van der Waals surface area (Å²) in [6, 6.07) is 12.2. The monoisotopic (exact) mass is 370 g/mol. The summed E-state index contributed by atoms with van der Waals surface area (Å²) in [6.07, 6.45) is 1.77. The third kappa shape index (κ3) is 3.67. The lowest BCUT2D eigenvalue weighted by Gasteiger charge is -2.17. The van der Waals surface area contributed by atoms with E-state index in [4.69, 9.17) is 9.47 Å². The smallest absolute Gasteiger partial charge is 0.286 e. The number of aromatic hydroxyl groups is 1. The molecule has 3 rings (SSSR count). The molecule has 1 N–H and O–H groups in total. The molecular formula is C19H18N2O4S. The molecule has 2 aromatic carbocycles. The lowest BCUT2D eigenvalue weighted by atomic mass is 10.2. The lowest BCUT2D eigenvalue weighted by Crippen LogP contribution is -2.21. The molecule has 0 saturated heterocycles. The topological polar surface area (TPSA) is 71.4 Å². The van der Waals surface area contributed by atoms with Crippen LogP contribution in [0.25, 0.3) is 6.08 Å². The Morgan fingerprint density at radius 1 is 1.08 bits per heavy atom. The van der Waals surface area contributed by atoms with Gasteiger partial charge >= 0.3 is 0 Å². The molecule has 0 fully saturated rings. The Hall–Kier alpha value is -2.93. The van der Waals surface area contributed by atoms with Crippen LogP contribution in [-0.2, 0) is 4.79 Å². The third-order valence-corrected chi connectivity index (χ3v) is 4.90. The maximum atomic E-state index is 12.3. The number of phenols is 1. The van der Waals surface area contributed by atoms with E-state index in [0.29, 0.717) is 21.6 Å². The Kier molecular flexibility index (Phi) is 5.18. The summed E-state index contributed by atoms with van der Waals surface area (Å²) in [6.45, 7) is 0. The van der Waals surface area contributed by atoms with E-state index in [1.165, 1.54) is 11.8 Å². The van der Waals surface area contributed by atoms with Crippen molar-refractivity contribution in [3.63, 3.8) is 0 Å². The van der Waals surface area contributed by atoms with Crippen LogP contribution in [0.5, 0.6) is 17.2 Å². The number of hydrogen-bond acceptors (Lipinski definition) is 6. The number of benzene rings is 2. The van der Waals surface area contributed by atoms with Crippen LogP contribution >= 0.6 is 11.8 Å². The van der Waals surface area contributed by atoms with Crippen LogP contribution in [0.3, 0.4) is 0 Å². The van der Waals surface area contributed by atoms with E-state index >= 15 is 0 Å². The van der Waals surface area contributed by atoms with Crippen molar-refractivity contribution in [2.75, 3.05) is 26.2 Å². The zero-order valence-corrected chi connectivity index (χ0v) is 15.4. The second-order valence-electron chi connectivity index (χ2n) is 5.50. The van der Waals surface area contributed by atoms with E-state index < -0.39 is 0 Å². The standard InChI is InChI=1S/C19H18N2O4S/c1-21(13-5-7-14(22)8-6-13)19-20-18(23)17(26-19)11-12-4-9-15(24-2)16(10-12)25-3/h4-11,22H,1-3H3/b17-11-. The van der Waals surface area contributed by atoms with Gasteiger partial charge in [0, 0.05) is 12.7 Å². The van der Waals surface area contributed by atoms with Crippen molar-refractivity contribution in [1.29, 1.82) is 0 Å². The highest BCUT2D eigenvalue weighted by Gasteiger charge is 2.25. The van der Waals surface area contributed by atoms with E-state index in [9.17, 15) is 9.90 Å². The van der Waals surface area contributed by atoms with Gasteiger partial charge in [-0.3, -0.25) is 4.79 Å². The molecule has 6 nitrogen and oxygen atoms in total. The third-order valence-electron chi connectivity index (χ3n) is 3.84. The SMILES string of the molecule is COc1ccc(/C=C2\SC(N(C)c3ccc(O)cc3)=NC2=O)cc1OC. The minimum absolute atomic E-state index is 0.188. The first-order chi connectivity index (χ1) is 12.5. The number of rotatable bonds is 4. The minimum atomic E-state index is -0.287. The Morgan fingerprint density at radius 2 is 1.77 bits per heavy atom.